The van der Waals surface area contributed by atoms with Crippen LogP contribution in [0.3, 0.4) is 0 Å². The zero-order chi connectivity index (χ0) is 18.6. The fourth-order valence-corrected chi connectivity index (χ4v) is 3.35. The molecule has 0 saturated heterocycles. The summed E-state index contributed by atoms with van der Waals surface area (Å²) in [7, 11) is 0. The summed E-state index contributed by atoms with van der Waals surface area (Å²) in [4.78, 5) is 24.6. The first-order chi connectivity index (χ1) is 13.2. The van der Waals surface area contributed by atoms with Gasteiger partial charge in [0.25, 0.3) is 11.8 Å². The van der Waals surface area contributed by atoms with Crippen molar-refractivity contribution in [1.82, 2.24) is 0 Å². The molecule has 4 heteroatoms. The van der Waals surface area contributed by atoms with E-state index in [9.17, 15) is 9.59 Å². The Balaban J connectivity index is 1.41. The van der Waals surface area contributed by atoms with Crippen LogP contribution in [0, 0.1) is 0 Å². The van der Waals surface area contributed by atoms with Gasteiger partial charge < -0.3 is 10.6 Å². The van der Waals surface area contributed by atoms with Crippen LogP contribution in [0.15, 0.2) is 72.8 Å². The fourth-order valence-electron chi connectivity index (χ4n) is 3.35. The number of nitrogens with one attached hydrogen (secondary N) is 2. The zero-order valence-electron chi connectivity index (χ0n) is 14.9. The summed E-state index contributed by atoms with van der Waals surface area (Å²) in [6.07, 6.45) is 3.39. The van der Waals surface area contributed by atoms with E-state index in [0.29, 0.717) is 16.8 Å². The van der Waals surface area contributed by atoms with Crippen LogP contribution in [0.5, 0.6) is 0 Å². The van der Waals surface area contributed by atoms with E-state index in [1.807, 2.05) is 24.3 Å². The SMILES string of the molecule is O=C(Nc1ccc(C(=O)Nc2ccc3c(c2)CCC3)cc1)c1ccccc1. The Bertz CT molecular complexity index is 979. The first-order valence-electron chi connectivity index (χ1n) is 9.09. The molecule has 0 radical (unpaired) electrons. The van der Waals surface area contributed by atoms with Crippen LogP contribution in [0.4, 0.5) is 11.4 Å². The molecule has 0 aliphatic heterocycles. The van der Waals surface area contributed by atoms with Crippen molar-refractivity contribution in [2.45, 2.75) is 19.3 Å². The number of benzene rings is 3. The summed E-state index contributed by atoms with van der Waals surface area (Å²) in [5.74, 6) is -0.333. The molecule has 134 valence electrons. The highest BCUT2D eigenvalue weighted by atomic mass is 16.2. The Hall–Kier alpha value is -3.40. The van der Waals surface area contributed by atoms with Gasteiger partial charge in [0.1, 0.15) is 0 Å². The number of anilines is 2. The second-order valence-electron chi connectivity index (χ2n) is 6.69. The van der Waals surface area contributed by atoms with Crippen molar-refractivity contribution < 1.29 is 9.59 Å². The molecule has 0 fully saturated rings. The molecule has 2 amide bonds. The average Bonchev–Trinajstić information content (AvgIpc) is 3.17. The third kappa shape index (κ3) is 3.90. The molecule has 3 aromatic rings. The summed E-state index contributed by atoms with van der Waals surface area (Å²) in [5, 5.41) is 5.78. The number of carbonyl (C=O) groups excluding carboxylic acids is 2. The number of hydrogen-bond acceptors (Lipinski definition) is 2. The first kappa shape index (κ1) is 17.0. The highest BCUT2D eigenvalue weighted by Gasteiger charge is 2.13. The van der Waals surface area contributed by atoms with Gasteiger partial charge in [-0.25, -0.2) is 0 Å². The summed E-state index contributed by atoms with van der Waals surface area (Å²) in [5.41, 5.74) is 5.32. The number of carbonyl (C=O) groups is 2. The highest BCUT2D eigenvalue weighted by molar-refractivity contribution is 6.06. The lowest BCUT2D eigenvalue weighted by Crippen LogP contribution is -2.13. The minimum Gasteiger partial charge on any atom is -0.322 e. The monoisotopic (exact) mass is 356 g/mol. The molecule has 0 saturated carbocycles. The maximum atomic E-state index is 12.5. The van der Waals surface area contributed by atoms with E-state index in [1.165, 1.54) is 17.5 Å². The maximum absolute atomic E-state index is 12.5. The molecular weight excluding hydrogens is 336 g/mol. The lowest BCUT2D eigenvalue weighted by Gasteiger charge is -2.09. The number of fused-ring (bicyclic) bond motifs is 1. The van der Waals surface area contributed by atoms with Gasteiger partial charge in [0.2, 0.25) is 0 Å². The first-order valence-corrected chi connectivity index (χ1v) is 9.09. The van der Waals surface area contributed by atoms with Gasteiger partial charge in [-0.05, 0) is 78.9 Å². The maximum Gasteiger partial charge on any atom is 0.255 e. The molecule has 0 aromatic heterocycles. The number of rotatable bonds is 4. The van der Waals surface area contributed by atoms with Crippen LogP contribution in [0.2, 0.25) is 0 Å². The van der Waals surface area contributed by atoms with E-state index >= 15 is 0 Å². The van der Waals surface area contributed by atoms with Crippen molar-refractivity contribution >= 4 is 23.2 Å². The van der Waals surface area contributed by atoms with Crippen LogP contribution < -0.4 is 10.6 Å². The lowest BCUT2D eigenvalue weighted by atomic mass is 10.1. The molecule has 0 atom stereocenters. The van der Waals surface area contributed by atoms with E-state index in [2.05, 4.69) is 22.8 Å². The molecule has 0 bridgehead atoms. The molecule has 3 aromatic carbocycles. The molecule has 0 spiro atoms. The van der Waals surface area contributed by atoms with Gasteiger partial charge in [0.05, 0.1) is 0 Å². The van der Waals surface area contributed by atoms with E-state index in [-0.39, 0.29) is 11.8 Å². The van der Waals surface area contributed by atoms with Crippen molar-refractivity contribution in [2.24, 2.45) is 0 Å². The predicted octanol–water partition coefficient (Wildman–Crippen LogP) is 4.68. The Morgan fingerprint density at radius 3 is 1.96 bits per heavy atom. The van der Waals surface area contributed by atoms with Crippen LogP contribution in [0.1, 0.15) is 38.3 Å². The molecule has 0 heterocycles. The third-order valence-corrected chi connectivity index (χ3v) is 4.80. The molecular formula is C23H20N2O2. The van der Waals surface area contributed by atoms with Crippen LogP contribution in [-0.4, -0.2) is 11.8 Å². The van der Waals surface area contributed by atoms with Gasteiger partial charge >= 0.3 is 0 Å². The largest absolute Gasteiger partial charge is 0.322 e. The molecule has 1 aliphatic carbocycles. The van der Waals surface area contributed by atoms with Gasteiger partial charge in [-0.3, -0.25) is 9.59 Å². The van der Waals surface area contributed by atoms with Crippen molar-refractivity contribution in [3.8, 4) is 0 Å². The molecule has 0 unspecified atom stereocenters. The van der Waals surface area contributed by atoms with Gasteiger partial charge in [-0.15, -0.1) is 0 Å². The summed E-state index contributed by atoms with van der Waals surface area (Å²) in [6.45, 7) is 0. The quantitative estimate of drug-likeness (QED) is 0.713. The molecule has 4 rings (SSSR count). The van der Waals surface area contributed by atoms with Crippen LogP contribution in [-0.2, 0) is 12.8 Å². The molecule has 4 nitrogen and oxygen atoms in total. The van der Waals surface area contributed by atoms with Crippen molar-refractivity contribution in [3.05, 3.63) is 95.1 Å². The Labute approximate surface area is 158 Å². The topological polar surface area (TPSA) is 58.2 Å². The molecule has 27 heavy (non-hydrogen) atoms. The summed E-state index contributed by atoms with van der Waals surface area (Å²) >= 11 is 0. The molecule has 1 aliphatic rings. The van der Waals surface area contributed by atoms with E-state index in [4.69, 9.17) is 0 Å². The Morgan fingerprint density at radius 1 is 0.630 bits per heavy atom. The normalized spacial score (nSPS) is 12.3. The number of amides is 2. The predicted molar refractivity (Wildman–Crippen MR) is 107 cm³/mol. The zero-order valence-corrected chi connectivity index (χ0v) is 14.9. The second kappa shape index (κ2) is 7.46. The van der Waals surface area contributed by atoms with Gasteiger partial charge in [-0.2, -0.15) is 0 Å². The Morgan fingerprint density at radius 2 is 1.22 bits per heavy atom. The van der Waals surface area contributed by atoms with E-state index < -0.39 is 0 Å². The molecule has 2 N–H and O–H groups in total. The van der Waals surface area contributed by atoms with Crippen molar-refractivity contribution in [1.29, 1.82) is 0 Å². The summed E-state index contributed by atoms with van der Waals surface area (Å²) < 4.78 is 0. The smallest absolute Gasteiger partial charge is 0.255 e. The number of aryl methyl sites for hydroxylation is 2. The van der Waals surface area contributed by atoms with Gasteiger partial charge in [-0.1, -0.05) is 24.3 Å². The van der Waals surface area contributed by atoms with E-state index in [0.717, 1.165) is 18.5 Å². The fraction of sp³-hybridized carbons (Fsp3) is 0.130. The standard InChI is InChI=1S/C23H20N2O2/c26-22(17-5-2-1-3-6-17)24-20-12-10-18(11-13-20)23(27)25-21-14-9-16-7-4-8-19(16)15-21/h1-3,5-6,9-15H,4,7-8H2,(H,24,26)(H,25,27). The van der Waals surface area contributed by atoms with Crippen molar-refractivity contribution in [2.75, 3.05) is 10.6 Å². The second-order valence-corrected chi connectivity index (χ2v) is 6.69. The lowest BCUT2D eigenvalue weighted by molar-refractivity contribution is 0.102. The average molecular weight is 356 g/mol. The number of hydrogen-bond donors (Lipinski definition) is 2. The van der Waals surface area contributed by atoms with Gasteiger partial charge in [0.15, 0.2) is 0 Å². The van der Waals surface area contributed by atoms with Crippen LogP contribution in [0.25, 0.3) is 0 Å². The minimum atomic E-state index is -0.175. The Kier molecular flexibility index (Phi) is 4.71. The van der Waals surface area contributed by atoms with Crippen molar-refractivity contribution in [3.63, 3.8) is 0 Å². The third-order valence-electron chi connectivity index (χ3n) is 4.80. The van der Waals surface area contributed by atoms with Crippen LogP contribution >= 0.6 is 0 Å². The summed E-state index contributed by atoms with van der Waals surface area (Å²) in [6, 6.07) is 22.0. The minimum absolute atomic E-state index is 0.158. The van der Waals surface area contributed by atoms with Gasteiger partial charge in [0, 0.05) is 22.5 Å². The van der Waals surface area contributed by atoms with E-state index in [1.54, 1.807) is 36.4 Å². The highest BCUT2D eigenvalue weighted by Crippen LogP contribution is 2.25.